The number of allylic oxidation sites excluding steroid dienone is 2. The highest BCUT2D eigenvalue weighted by Crippen LogP contribution is 2.16. The fraction of sp³-hybridized carbons (Fsp3) is 0.600. The number of ether oxygens (including phenoxy) is 1. The molecule has 1 N–H and O–H groups in total. The van der Waals surface area contributed by atoms with Crippen LogP contribution in [0.25, 0.3) is 0 Å². The van der Waals surface area contributed by atoms with Gasteiger partial charge < -0.3 is 14.7 Å². The smallest absolute Gasteiger partial charge is 0.278 e. The quantitative estimate of drug-likeness (QED) is 0.537. The van der Waals surface area contributed by atoms with Crippen molar-refractivity contribution in [1.29, 1.82) is 0 Å². The van der Waals surface area contributed by atoms with Crippen molar-refractivity contribution >= 4 is 0 Å². The Balaban J connectivity index is 2.62. The molecule has 0 aromatic carbocycles. The molecule has 1 fully saturated rings. The first-order valence-corrected chi connectivity index (χ1v) is 4.64. The number of likely N-dealkylation sites (tertiary alicyclic amines) is 1. The van der Waals surface area contributed by atoms with Crippen molar-refractivity contribution in [3.05, 3.63) is 23.8 Å². The number of methoxy groups -OCH3 is 1. The molecule has 1 aliphatic heterocycles. The summed E-state index contributed by atoms with van der Waals surface area (Å²) in [6.07, 6.45) is 6.11. The number of aliphatic hydroxyl groups is 1. The van der Waals surface area contributed by atoms with Crippen molar-refractivity contribution in [3.8, 4) is 0 Å². The third-order valence-electron chi connectivity index (χ3n) is 2.25. The van der Waals surface area contributed by atoms with Gasteiger partial charge in [0.15, 0.2) is 0 Å². The van der Waals surface area contributed by atoms with Gasteiger partial charge in [-0.15, -0.1) is 0 Å². The van der Waals surface area contributed by atoms with E-state index in [9.17, 15) is 5.11 Å². The van der Waals surface area contributed by atoms with Crippen LogP contribution in [0.3, 0.4) is 0 Å². The van der Waals surface area contributed by atoms with E-state index in [4.69, 9.17) is 4.74 Å². The van der Waals surface area contributed by atoms with Crippen molar-refractivity contribution in [1.82, 2.24) is 4.90 Å². The summed E-state index contributed by atoms with van der Waals surface area (Å²) in [6, 6.07) is 0. The first-order chi connectivity index (χ1) is 6.27. The molecule has 0 bridgehead atoms. The third kappa shape index (κ3) is 2.68. The van der Waals surface area contributed by atoms with Crippen LogP contribution < -0.4 is 0 Å². The maximum Gasteiger partial charge on any atom is 0.278 e. The Morgan fingerprint density at radius 2 is 2.00 bits per heavy atom. The van der Waals surface area contributed by atoms with Crippen LogP contribution in [-0.2, 0) is 4.74 Å². The van der Waals surface area contributed by atoms with E-state index in [2.05, 4.69) is 4.90 Å². The predicted molar refractivity (Wildman–Crippen MR) is 52.3 cm³/mol. The molecule has 74 valence electrons. The number of hydrogen-bond donors (Lipinski definition) is 1. The van der Waals surface area contributed by atoms with Gasteiger partial charge in [0.2, 0.25) is 0 Å². The van der Waals surface area contributed by atoms with E-state index in [-0.39, 0.29) is 5.95 Å². The predicted octanol–water partition coefficient (Wildman–Crippen LogP) is 2.03. The average Bonchev–Trinajstić information content (AvgIpc) is 2.66. The zero-order chi connectivity index (χ0) is 9.68. The Hall–Kier alpha value is -1.12. The number of nitrogens with zero attached hydrogens (tertiary/aromatic N) is 1. The van der Waals surface area contributed by atoms with Crippen LogP contribution in [0.5, 0.6) is 0 Å². The van der Waals surface area contributed by atoms with E-state index in [0.717, 1.165) is 18.8 Å². The molecular formula is C10H17NO2. The van der Waals surface area contributed by atoms with E-state index < -0.39 is 0 Å². The van der Waals surface area contributed by atoms with Crippen LogP contribution in [0.1, 0.15) is 19.8 Å². The second-order valence-corrected chi connectivity index (χ2v) is 3.09. The molecule has 13 heavy (non-hydrogen) atoms. The zero-order valence-corrected chi connectivity index (χ0v) is 8.29. The van der Waals surface area contributed by atoms with Crippen LogP contribution in [0.4, 0.5) is 0 Å². The van der Waals surface area contributed by atoms with Gasteiger partial charge in [-0.25, -0.2) is 0 Å². The molecule has 0 aliphatic carbocycles. The lowest BCUT2D eigenvalue weighted by Crippen LogP contribution is -2.17. The van der Waals surface area contributed by atoms with Crippen LogP contribution in [0, 0.1) is 0 Å². The highest BCUT2D eigenvalue weighted by atomic mass is 16.6. The minimum Gasteiger partial charge on any atom is -0.481 e. The molecule has 3 heteroatoms. The monoisotopic (exact) mass is 183 g/mol. The van der Waals surface area contributed by atoms with Gasteiger partial charge in [-0.2, -0.15) is 0 Å². The number of aliphatic hydroxyl groups excluding tert-OH is 1. The normalized spacial score (nSPS) is 19.4. The maximum atomic E-state index is 9.19. The molecule has 0 saturated carbocycles. The van der Waals surface area contributed by atoms with E-state index in [1.807, 2.05) is 13.0 Å². The lowest BCUT2D eigenvalue weighted by Gasteiger charge is -2.18. The summed E-state index contributed by atoms with van der Waals surface area (Å²) in [4.78, 5) is 2.25. The third-order valence-corrected chi connectivity index (χ3v) is 2.25. The van der Waals surface area contributed by atoms with E-state index >= 15 is 0 Å². The Bertz CT molecular complexity index is 215. The molecule has 0 aromatic rings. The molecule has 0 spiro atoms. The van der Waals surface area contributed by atoms with Gasteiger partial charge in [0.25, 0.3) is 5.95 Å². The number of hydrogen-bond acceptors (Lipinski definition) is 3. The second kappa shape index (κ2) is 4.80. The van der Waals surface area contributed by atoms with Crippen LogP contribution >= 0.6 is 0 Å². The average molecular weight is 183 g/mol. The van der Waals surface area contributed by atoms with E-state index in [0.29, 0.717) is 0 Å². The highest BCUT2D eigenvalue weighted by Gasteiger charge is 2.13. The standard InChI is InChI=1S/C10H17NO2/c1-3-9(8-10(12)13-2)11-6-4-5-7-11/h3,8,12H,4-7H2,1-2H3/b9-3-,10-8-. The van der Waals surface area contributed by atoms with E-state index in [1.54, 1.807) is 6.08 Å². The summed E-state index contributed by atoms with van der Waals surface area (Å²) in [5.74, 6) is -0.0278. The Kier molecular flexibility index (Phi) is 3.68. The Morgan fingerprint density at radius 3 is 2.46 bits per heavy atom. The van der Waals surface area contributed by atoms with Gasteiger partial charge in [-0.05, 0) is 19.8 Å². The maximum absolute atomic E-state index is 9.19. The minimum atomic E-state index is -0.0278. The van der Waals surface area contributed by atoms with Crippen LogP contribution in [0.15, 0.2) is 23.8 Å². The summed E-state index contributed by atoms with van der Waals surface area (Å²) in [6.45, 7) is 4.12. The fourth-order valence-electron chi connectivity index (χ4n) is 1.52. The number of rotatable bonds is 3. The van der Waals surface area contributed by atoms with Gasteiger partial charge in [0.1, 0.15) is 0 Å². The largest absolute Gasteiger partial charge is 0.481 e. The van der Waals surface area contributed by atoms with E-state index in [1.165, 1.54) is 20.0 Å². The summed E-state index contributed by atoms with van der Waals surface area (Å²) in [5.41, 5.74) is 1.04. The lowest BCUT2D eigenvalue weighted by molar-refractivity contribution is 0.135. The summed E-state index contributed by atoms with van der Waals surface area (Å²) in [5, 5.41) is 9.19. The van der Waals surface area contributed by atoms with Crippen molar-refractivity contribution in [2.75, 3.05) is 20.2 Å². The van der Waals surface area contributed by atoms with Gasteiger partial charge >= 0.3 is 0 Å². The van der Waals surface area contributed by atoms with Gasteiger partial charge in [0.05, 0.1) is 7.11 Å². The Labute approximate surface area is 79.3 Å². The van der Waals surface area contributed by atoms with Gasteiger partial charge in [-0.1, -0.05) is 6.08 Å². The molecule has 3 nitrogen and oxygen atoms in total. The molecule has 1 saturated heterocycles. The zero-order valence-electron chi connectivity index (χ0n) is 8.29. The van der Waals surface area contributed by atoms with Crippen molar-refractivity contribution in [2.45, 2.75) is 19.8 Å². The fourth-order valence-corrected chi connectivity index (χ4v) is 1.52. The van der Waals surface area contributed by atoms with Crippen molar-refractivity contribution in [2.24, 2.45) is 0 Å². The highest BCUT2D eigenvalue weighted by molar-refractivity contribution is 5.17. The van der Waals surface area contributed by atoms with Crippen molar-refractivity contribution in [3.63, 3.8) is 0 Å². The lowest BCUT2D eigenvalue weighted by atomic mass is 10.3. The molecule has 1 rings (SSSR count). The summed E-state index contributed by atoms with van der Waals surface area (Å²) < 4.78 is 4.69. The molecule has 0 atom stereocenters. The van der Waals surface area contributed by atoms with Gasteiger partial charge in [-0.3, -0.25) is 0 Å². The molecule has 1 heterocycles. The molecule has 0 unspecified atom stereocenters. The SMILES string of the molecule is C/C=C(/C=C(/O)OC)N1CCCC1. The topological polar surface area (TPSA) is 32.7 Å². The molecule has 0 amide bonds. The first-order valence-electron chi connectivity index (χ1n) is 4.64. The second-order valence-electron chi connectivity index (χ2n) is 3.09. The van der Waals surface area contributed by atoms with Crippen LogP contribution in [-0.4, -0.2) is 30.2 Å². The van der Waals surface area contributed by atoms with Crippen molar-refractivity contribution < 1.29 is 9.84 Å². The summed E-state index contributed by atoms with van der Waals surface area (Å²) >= 11 is 0. The molecular weight excluding hydrogens is 166 g/mol. The van der Waals surface area contributed by atoms with Crippen LogP contribution in [0.2, 0.25) is 0 Å². The first kappa shape index (κ1) is 9.96. The Morgan fingerprint density at radius 1 is 1.38 bits per heavy atom. The summed E-state index contributed by atoms with van der Waals surface area (Å²) in [7, 11) is 1.46. The van der Waals surface area contributed by atoms with Gasteiger partial charge in [0, 0.05) is 24.9 Å². The molecule has 0 radical (unpaired) electrons. The minimum absolute atomic E-state index is 0.0278. The molecule has 1 aliphatic rings. The molecule has 0 aromatic heterocycles.